The zero-order chi connectivity index (χ0) is 14.8. The van der Waals surface area contributed by atoms with Gasteiger partial charge in [0.15, 0.2) is 0 Å². The topological polar surface area (TPSA) is 23.6 Å². The molecule has 1 heterocycles. The molecule has 1 aliphatic rings. The molecule has 1 aliphatic heterocycles. The van der Waals surface area contributed by atoms with E-state index in [1.807, 2.05) is 23.1 Å². The fraction of sp³-hybridized carbons (Fsp3) is 0.562. The summed E-state index contributed by atoms with van der Waals surface area (Å²) in [5, 5.41) is 0.171. The maximum Gasteiger partial charge on any atom is 0.233 e. The molecule has 1 atom stereocenters. The number of nitrogens with zero attached hydrogens (tertiary/aromatic N) is 2. The number of amides is 1. The molecule has 110 valence electrons. The van der Waals surface area contributed by atoms with Gasteiger partial charge in [-0.1, -0.05) is 44.2 Å². The fourth-order valence-corrected chi connectivity index (χ4v) is 4.07. The molecule has 1 fully saturated rings. The van der Waals surface area contributed by atoms with Gasteiger partial charge in [-0.15, -0.1) is 11.8 Å². The maximum absolute atomic E-state index is 12.2. The Kier molecular flexibility index (Phi) is 4.76. The number of thioether (sulfide) groups is 1. The van der Waals surface area contributed by atoms with Gasteiger partial charge in [-0.25, -0.2) is 0 Å². The van der Waals surface area contributed by atoms with E-state index < -0.39 is 0 Å². The number of carbonyl (C=O) groups excluding carboxylic acids is 1. The second-order valence-corrected chi connectivity index (χ2v) is 7.57. The summed E-state index contributed by atoms with van der Waals surface area (Å²) < 4.78 is 0. The van der Waals surface area contributed by atoms with Crippen molar-refractivity contribution in [3.8, 4) is 0 Å². The number of rotatable bonds is 5. The van der Waals surface area contributed by atoms with Crippen LogP contribution in [0.15, 0.2) is 30.3 Å². The Morgan fingerprint density at radius 1 is 1.30 bits per heavy atom. The number of hydrogen-bond donors (Lipinski definition) is 0. The molecular formula is C16H24N2OS. The summed E-state index contributed by atoms with van der Waals surface area (Å²) in [5.41, 5.74) is 1.32. The zero-order valence-electron chi connectivity index (χ0n) is 12.8. The molecule has 1 saturated heterocycles. The lowest BCUT2D eigenvalue weighted by Gasteiger charge is -2.35. The van der Waals surface area contributed by atoms with E-state index in [-0.39, 0.29) is 16.7 Å². The monoisotopic (exact) mass is 292 g/mol. The molecule has 1 amide bonds. The highest BCUT2D eigenvalue weighted by atomic mass is 32.2. The third-order valence-corrected chi connectivity index (χ3v) is 4.65. The smallest absolute Gasteiger partial charge is 0.233 e. The largest absolute Gasteiger partial charge is 0.325 e. The lowest BCUT2D eigenvalue weighted by molar-refractivity contribution is -0.129. The van der Waals surface area contributed by atoms with E-state index in [1.54, 1.807) is 11.8 Å². The van der Waals surface area contributed by atoms with E-state index in [2.05, 4.69) is 45.0 Å². The molecule has 4 heteroatoms. The molecule has 1 aromatic carbocycles. The number of benzene rings is 1. The van der Waals surface area contributed by atoms with E-state index in [0.717, 1.165) is 13.1 Å². The summed E-state index contributed by atoms with van der Waals surface area (Å²) in [4.78, 5) is 16.4. The molecule has 3 nitrogen and oxygen atoms in total. The quantitative estimate of drug-likeness (QED) is 0.834. The molecule has 1 unspecified atom stereocenters. The van der Waals surface area contributed by atoms with Crippen LogP contribution in [0.1, 0.15) is 24.8 Å². The fourth-order valence-electron chi connectivity index (χ4n) is 2.89. The van der Waals surface area contributed by atoms with Gasteiger partial charge in [0.2, 0.25) is 5.91 Å². The molecule has 2 rings (SSSR count). The molecule has 0 bridgehead atoms. The Balaban J connectivity index is 2.13. The summed E-state index contributed by atoms with van der Waals surface area (Å²) in [7, 11) is 4.16. The van der Waals surface area contributed by atoms with E-state index in [1.165, 1.54) is 5.56 Å². The Morgan fingerprint density at radius 2 is 1.95 bits per heavy atom. The van der Waals surface area contributed by atoms with Crippen LogP contribution < -0.4 is 0 Å². The second kappa shape index (κ2) is 6.19. The Morgan fingerprint density at radius 3 is 2.55 bits per heavy atom. The standard InChI is InChI=1S/C16H24N2OS/c1-16(2,11-17(3)4)12-18-14(19)10-20-15(18)13-8-6-5-7-9-13/h5-9,15H,10-12H2,1-4H3. The lowest BCUT2D eigenvalue weighted by Crippen LogP contribution is -2.41. The summed E-state index contributed by atoms with van der Waals surface area (Å²) in [6.07, 6.45) is 0. The first-order chi connectivity index (χ1) is 9.39. The molecule has 0 spiro atoms. The van der Waals surface area contributed by atoms with Gasteiger partial charge in [0.05, 0.1) is 5.75 Å². The van der Waals surface area contributed by atoms with Gasteiger partial charge < -0.3 is 9.80 Å². The summed E-state index contributed by atoms with van der Waals surface area (Å²) in [6.45, 7) is 6.23. The van der Waals surface area contributed by atoms with Crippen molar-refractivity contribution in [3.63, 3.8) is 0 Å². The number of carbonyl (C=O) groups is 1. The third kappa shape index (κ3) is 3.76. The minimum Gasteiger partial charge on any atom is -0.325 e. The zero-order valence-corrected chi connectivity index (χ0v) is 13.6. The van der Waals surface area contributed by atoms with Crippen molar-refractivity contribution in [2.24, 2.45) is 5.41 Å². The first-order valence-corrected chi connectivity index (χ1v) is 8.05. The Hall–Kier alpha value is -1.00. The van der Waals surface area contributed by atoms with Crippen LogP contribution in [0, 0.1) is 5.41 Å². The highest BCUT2D eigenvalue weighted by molar-refractivity contribution is 8.00. The van der Waals surface area contributed by atoms with E-state index in [9.17, 15) is 4.79 Å². The van der Waals surface area contributed by atoms with Gasteiger partial charge in [0.25, 0.3) is 0 Å². The molecular weight excluding hydrogens is 268 g/mol. The van der Waals surface area contributed by atoms with Gasteiger partial charge in [-0.3, -0.25) is 4.79 Å². The van der Waals surface area contributed by atoms with E-state index in [0.29, 0.717) is 5.75 Å². The highest BCUT2D eigenvalue weighted by Crippen LogP contribution is 2.40. The van der Waals surface area contributed by atoms with E-state index >= 15 is 0 Å². The van der Waals surface area contributed by atoms with Crippen LogP contribution in [0.2, 0.25) is 0 Å². The minimum atomic E-state index is 0.0943. The first-order valence-electron chi connectivity index (χ1n) is 7.00. The van der Waals surface area contributed by atoms with Crippen LogP contribution in [0.25, 0.3) is 0 Å². The minimum absolute atomic E-state index is 0.0943. The predicted molar refractivity (Wildman–Crippen MR) is 85.7 cm³/mol. The molecule has 20 heavy (non-hydrogen) atoms. The van der Waals surface area contributed by atoms with Crippen molar-refractivity contribution in [3.05, 3.63) is 35.9 Å². The van der Waals surface area contributed by atoms with Crippen LogP contribution in [-0.2, 0) is 4.79 Å². The molecule has 0 radical (unpaired) electrons. The number of hydrogen-bond acceptors (Lipinski definition) is 3. The van der Waals surface area contributed by atoms with Crippen LogP contribution >= 0.6 is 11.8 Å². The van der Waals surface area contributed by atoms with Crippen molar-refractivity contribution in [1.82, 2.24) is 9.80 Å². The van der Waals surface area contributed by atoms with Crippen molar-refractivity contribution in [2.45, 2.75) is 19.2 Å². The average molecular weight is 292 g/mol. The van der Waals surface area contributed by atoms with Gasteiger partial charge >= 0.3 is 0 Å². The van der Waals surface area contributed by atoms with Crippen molar-refractivity contribution >= 4 is 17.7 Å². The Bertz CT molecular complexity index is 459. The molecule has 0 saturated carbocycles. The molecule has 0 aromatic heterocycles. The SMILES string of the molecule is CN(C)CC(C)(C)CN1C(=O)CSC1c1ccccc1. The molecule has 1 aromatic rings. The van der Waals surface area contributed by atoms with Crippen LogP contribution in [0.5, 0.6) is 0 Å². The van der Waals surface area contributed by atoms with Gasteiger partial charge in [0, 0.05) is 13.1 Å². The predicted octanol–water partition coefficient (Wildman–Crippen LogP) is 2.85. The normalized spacial score (nSPS) is 19.9. The third-order valence-electron chi connectivity index (χ3n) is 3.40. The molecule has 0 N–H and O–H groups in total. The van der Waals surface area contributed by atoms with E-state index in [4.69, 9.17) is 0 Å². The van der Waals surface area contributed by atoms with Crippen LogP contribution in [0.4, 0.5) is 0 Å². The maximum atomic E-state index is 12.2. The average Bonchev–Trinajstić information content (AvgIpc) is 2.70. The molecule has 0 aliphatic carbocycles. The highest BCUT2D eigenvalue weighted by Gasteiger charge is 2.36. The van der Waals surface area contributed by atoms with Gasteiger partial charge in [0.1, 0.15) is 5.37 Å². The summed E-state index contributed by atoms with van der Waals surface area (Å²) in [5.74, 6) is 0.855. The lowest BCUT2D eigenvalue weighted by atomic mass is 9.92. The van der Waals surface area contributed by atoms with Gasteiger partial charge in [-0.05, 0) is 25.1 Å². The first kappa shape index (κ1) is 15.4. The van der Waals surface area contributed by atoms with Crippen LogP contribution in [0.3, 0.4) is 0 Å². The van der Waals surface area contributed by atoms with Crippen molar-refractivity contribution in [1.29, 1.82) is 0 Å². The Labute approximate surface area is 126 Å². The summed E-state index contributed by atoms with van der Waals surface area (Å²) >= 11 is 1.73. The van der Waals surface area contributed by atoms with Crippen molar-refractivity contribution in [2.75, 3.05) is 32.9 Å². The van der Waals surface area contributed by atoms with Gasteiger partial charge in [-0.2, -0.15) is 0 Å². The van der Waals surface area contributed by atoms with Crippen molar-refractivity contribution < 1.29 is 4.79 Å². The van der Waals surface area contributed by atoms with Crippen LogP contribution in [-0.4, -0.2) is 48.6 Å². The summed E-state index contributed by atoms with van der Waals surface area (Å²) in [6, 6.07) is 10.3. The second-order valence-electron chi connectivity index (χ2n) is 6.50.